The molecule has 1 saturated heterocycles. The maximum atomic E-state index is 11.6. The van der Waals surface area contributed by atoms with Crippen molar-refractivity contribution in [1.82, 2.24) is 4.90 Å². The van der Waals surface area contributed by atoms with Crippen molar-refractivity contribution in [2.24, 2.45) is 5.73 Å². The molecule has 1 fully saturated rings. The summed E-state index contributed by atoms with van der Waals surface area (Å²) in [5.74, 6) is 0.256. The van der Waals surface area contributed by atoms with Gasteiger partial charge < -0.3 is 9.64 Å². The highest BCUT2D eigenvalue weighted by Crippen LogP contribution is 2.32. The van der Waals surface area contributed by atoms with Crippen molar-refractivity contribution in [3.05, 3.63) is 28.2 Å². The van der Waals surface area contributed by atoms with Crippen LogP contribution in [0.15, 0.2) is 22.7 Å². The summed E-state index contributed by atoms with van der Waals surface area (Å²) in [6.07, 6.45) is -0.314. The van der Waals surface area contributed by atoms with Crippen LogP contribution in [-0.2, 0) is 9.53 Å². The molecule has 22 heavy (non-hydrogen) atoms. The fourth-order valence-corrected chi connectivity index (χ4v) is 3.25. The van der Waals surface area contributed by atoms with Crippen LogP contribution in [0.4, 0.5) is 5.69 Å². The highest BCUT2D eigenvalue weighted by molar-refractivity contribution is 9.10. The Morgan fingerprint density at radius 2 is 2.18 bits per heavy atom. The fraction of sp³-hybridized carbons (Fsp3) is 0.562. The first-order chi connectivity index (χ1) is 10.4. The first kappa shape index (κ1) is 17.2. The van der Waals surface area contributed by atoms with Crippen molar-refractivity contribution in [2.75, 3.05) is 31.1 Å². The van der Waals surface area contributed by atoms with Gasteiger partial charge in [-0.3, -0.25) is 15.4 Å². The van der Waals surface area contributed by atoms with Crippen molar-refractivity contribution in [1.29, 1.82) is 0 Å². The molecule has 1 unspecified atom stereocenters. The van der Waals surface area contributed by atoms with Gasteiger partial charge in [-0.2, -0.15) is 0 Å². The summed E-state index contributed by atoms with van der Waals surface area (Å²) >= 11 is 3.64. The van der Waals surface area contributed by atoms with Crippen molar-refractivity contribution < 1.29 is 9.53 Å². The van der Waals surface area contributed by atoms with E-state index in [2.05, 4.69) is 52.9 Å². The van der Waals surface area contributed by atoms with Crippen LogP contribution in [0.3, 0.4) is 0 Å². The van der Waals surface area contributed by atoms with Crippen molar-refractivity contribution in [3.63, 3.8) is 0 Å². The SMILES string of the molecule is CCOC(=O)CN1CCN(c2ccc(C(C)C)cc2Br)C1N. The van der Waals surface area contributed by atoms with E-state index in [1.54, 1.807) is 0 Å². The van der Waals surface area contributed by atoms with Crippen LogP contribution < -0.4 is 10.6 Å². The zero-order valence-electron chi connectivity index (χ0n) is 13.4. The van der Waals surface area contributed by atoms with Crippen LogP contribution in [0, 0.1) is 0 Å². The molecular weight excluding hydrogens is 346 g/mol. The van der Waals surface area contributed by atoms with E-state index in [-0.39, 0.29) is 18.8 Å². The van der Waals surface area contributed by atoms with Gasteiger partial charge in [-0.15, -0.1) is 0 Å². The number of esters is 1. The molecule has 0 aliphatic carbocycles. The predicted molar refractivity (Wildman–Crippen MR) is 91.8 cm³/mol. The minimum absolute atomic E-state index is 0.228. The second-order valence-corrected chi connectivity index (χ2v) is 6.60. The van der Waals surface area contributed by atoms with Gasteiger partial charge in [0.2, 0.25) is 0 Å². The van der Waals surface area contributed by atoms with Gasteiger partial charge in [0.05, 0.1) is 18.8 Å². The molecule has 1 aliphatic heterocycles. The molecule has 5 nitrogen and oxygen atoms in total. The molecule has 6 heteroatoms. The van der Waals surface area contributed by atoms with Gasteiger partial charge in [0, 0.05) is 17.6 Å². The molecule has 122 valence electrons. The van der Waals surface area contributed by atoms with Gasteiger partial charge in [-0.1, -0.05) is 19.9 Å². The van der Waals surface area contributed by atoms with Gasteiger partial charge in [-0.05, 0) is 46.5 Å². The lowest BCUT2D eigenvalue weighted by atomic mass is 10.0. The van der Waals surface area contributed by atoms with E-state index >= 15 is 0 Å². The fourth-order valence-electron chi connectivity index (χ4n) is 2.62. The van der Waals surface area contributed by atoms with Crippen LogP contribution in [-0.4, -0.2) is 43.4 Å². The number of hydrogen-bond donors (Lipinski definition) is 1. The lowest BCUT2D eigenvalue weighted by Crippen LogP contribution is -2.48. The third kappa shape index (κ3) is 3.80. The minimum Gasteiger partial charge on any atom is -0.465 e. The monoisotopic (exact) mass is 369 g/mol. The highest BCUT2D eigenvalue weighted by atomic mass is 79.9. The minimum atomic E-state index is -0.314. The summed E-state index contributed by atoms with van der Waals surface area (Å²) in [5.41, 5.74) is 8.63. The van der Waals surface area contributed by atoms with E-state index in [0.717, 1.165) is 23.2 Å². The lowest BCUT2D eigenvalue weighted by molar-refractivity contribution is -0.144. The number of carbonyl (C=O) groups is 1. The van der Waals surface area contributed by atoms with Crippen molar-refractivity contribution >= 4 is 27.6 Å². The Balaban J connectivity index is 2.09. The van der Waals surface area contributed by atoms with Crippen LogP contribution in [0.25, 0.3) is 0 Å². The third-order valence-electron chi connectivity index (χ3n) is 3.91. The molecule has 2 rings (SSSR count). The Labute approximate surface area is 140 Å². The Bertz CT molecular complexity index is 536. The number of rotatable bonds is 5. The van der Waals surface area contributed by atoms with Gasteiger partial charge in [-0.25, -0.2) is 0 Å². The number of benzene rings is 1. The van der Waals surface area contributed by atoms with E-state index in [1.165, 1.54) is 5.56 Å². The highest BCUT2D eigenvalue weighted by Gasteiger charge is 2.31. The zero-order valence-corrected chi connectivity index (χ0v) is 15.0. The zero-order chi connectivity index (χ0) is 16.3. The van der Waals surface area contributed by atoms with Gasteiger partial charge in [0.15, 0.2) is 0 Å². The van der Waals surface area contributed by atoms with Crippen molar-refractivity contribution in [2.45, 2.75) is 33.0 Å². The number of ether oxygens (including phenoxy) is 1. The van der Waals surface area contributed by atoms with Crippen LogP contribution in [0.2, 0.25) is 0 Å². The average molecular weight is 370 g/mol. The molecule has 2 N–H and O–H groups in total. The molecule has 1 aromatic carbocycles. The number of nitrogens with two attached hydrogens (primary N) is 1. The standard InChI is InChI=1S/C16H24BrN3O2/c1-4-22-15(21)10-19-7-8-20(16(19)18)14-6-5-12(11(2)3)9-13(14)17/h5-6,9,11,16H,4,7-8,10,18H2,1-3H3. The molecule has 0 aromatic heterocycles. The second-order valence-electron chi connectivity index (χ2n) is 5.75. The molecule has 1 heterocycles. The number of halogens is 1. The van der Waals surface area contributed by atoms with Crippen LogP contribution in [0.1, 0.15) is 32.3 Å². The lowest BCUT2D eigenvalue weighted by Gasteiger charge is -2.28. The van der Waals surface area contributed by atoms with E-state index in [9.17, 15) is 4.79 Å². The smallest absolute Gasteiger partial charge is 0.320 e. The predicted octanol–water partition coefficient (Wildman–Crippen LogP) is 2.50. The van der Waals surface area contributed by atoms with Gasteiger partial charge in [0.25, 0.3) is 0 Å². The Morgan fingerprint density at radius 1 is 1.45 bits per heavy atom. The first-order valence-corrected chi connectivity index (χ1v) is 8.44. The molecule has 0 saturated carbocycles. The molecule has 0 amide bonds. The van der Waals surface area contributed by atoms with Crippen molar-refractivity contribution in [3.8, 4) is 0 Å². The number of carbonyl (C=O) groups excluding carboxylic acids is 1. The molecule has 1 atom stereocenters. The van der Waals surface area contributed by atoms with Crippen LogP contribution >= 0.6 is 15.9 Å². The Hall–Kier alpha value is -1.11. The van der Waals surface area contributed by atoms with Gasteiger partial charge in [0.1, 0.15) is 6.29 Å². The maximum absolute atomic E-state index is 11.6. The van der Waals surface area contributed by atoms with E-state index in [4.69, 9.17) is 10.5 Å². The first-order valence-electron chi connectivity index (χ1n) is 7.65. The summed E-state index contributed by atoms with van der Waals surface area (Å²) in [7, 11) is 0. The normalized spacial score (nSPS) is 19.0. The molecular formula is C16H24BrN3O2. The summed E-state index contributed by atoms with van der Waals surface area (Å²) in [6, 6.07) is 6.36. The second kappa shape index (κ2) is 7.44. The maximum Gasteiger partial charge on any atom is 0.320 e. The third-order valence-corrected chi connectivity index (χ3v) is 4.54. The number of hydrogen-bond acceptors (Lipinski definition) is 5. The summed E-state index contributed by atoms with van der Waals surface area (Å²) in [5, 5.41) is 0. The molecule has 0 bridgehead atoms. The van der Waals surface area contributed by atoms with E-state index in [0.29, 0.717) is 12.5 Å². The van der Waals surface area contributed by atoms with E-state index in [1.807, 2.05) is 11.8 Å². The molecule has 1 aromatic rings. The largest absolute Gasteiger partial charge is 0.465 e. The average Bonchev–Trinajstić information content (AvgIpc) is 2.80. The van der Waals surface area contributed by atoms with E-state index < -0.39 is 0 Å². The van der Waals surface area contributed by atoms with Gasteiger partial charge >= 0.3 is 5.97 Å². The number of nitrogens with zero attached hydrogens (tertiary/aromatic N) is 2. The Kier molecular flexibility index (Phi) is 5.83. The number of anilines is 1. The van der Waals surface area contributed by atoms with Crippen LogP contribution in [0.5, 0.6) is 0 Å². The molecule has 0 radical (unpaired) electrons. The quantitative estimate of drug-likeness (QED) is 0.808. The molecule has 1 aliphatic rings. The Morgan fingerprint density at radius 3 is 2.77 bits per heavy atom. The molecule has 0 spiro atoms. The summed E-state index contributed by atoms with van der Waals surface area (Å²) in [4.78, 5) is 15.7. The summed E-state index contributed by atoms with van der Waals surface area (Å²) in [6.45, 7) is 8.31. The summed E-state index contributed by atoms with van der Waals surface area (Å²) < 4.78 is 6.03. The topological polar surface area (TPSA) is 58.8 Å².